The summed E-state index contributed by atoms with van der Waals surface area (Å²) in [5.74, 6) is 0. The maximum atomic E-state index is 2.52. The molecule has 0 amide bonds. The summed E-state index contributed by atoms with van der Waals surface area (Å²) in [4.78, 5) is 0. The highest BCUT2D eigenvalue weighted by Crippen LogP contribution is 2.72. The normalized spacial score (nSPS) is 54.4. The predicted octanol–water partition coefficient (Wildman–Crippen LogP) is 4.59. The average molecular weight is 236 g/mol. The van der Waals surface area contributed by atoms with Gasteiger partial charge in [0.05, 0.1) is 0 Å². The molecule has 0 bridgehead atoms. The van der Waals surface area contributed by atoms with Crippen LogP contribution in [0.25, 0.3) is 0 Å². The molecule has 4 atom stereocenters. The van der Waals surface area contributed by atoms with Crippen molar-refractivity contribution in [3.05, 3.63) is 59.8 Å². The minimum Gasteiger partial charge on any atom is -0.0767 e. The van der Waals surface area contributed by atoms with Crippen molar-refractivity contribution >= 4 is 0 Å². The van der Waals surface area contributed by atoms with Crippen molar-refractivity contribution in [2.45, 2.75) is 27.7 Å². The van der Waals surface area contributed by atoms with Gasteiger partial charge in [0, 0.05) is 21.7 Å². The fourth-order valence-corrected chi connectivity index (χ4v) is 4.15. The van der Waals surface area contributed by atoms with Crippen LogP contribution in [-0.2, 0) is 0 Å². The quantitative estimate of drug-likeness (QED) is 0.540. The van der Waals surface area contributed by atoms with Crippen molar-refractivity contribution in [2.75, 3.05) is 0 Å². The molecule has 1 fully saturated rings. The molecule has 0 aliphatic heterocycles. The molecule has 0 spiro atoms. The first kappa shape index (κ1) is 10.6. The van der Waals surface area contributed by atoms with E-state index in [9.17, 15) is 0 Å². The average Bonchev–Trinajstić information content (AvgIpc) is 2.34. The maximum absolute atomic E-state index is 2.52. The van der Waals surface area contributed by atoms with Crippen molar-refractivity contribution < 1.29 is 0 Å². The Morgan fingerprint density at radius 1 is 0.611 bits per heavy atom. The van der Waals surface area contributed by atoms with Crippen molar-refractivity contribution in [3.63, 3.8) is 0 Å². The summed E-state index contributed by atoms with van der Waals surface area (Å²) < 4.78 is 0. The Balaban J connectivity index is 1.96. The van der Waals surface area contributed by atoms with Crippen LogP contribution in [0.15, 0.2) is 59.8 Å². The van der Waals surface area contributed by atoms with Crippen molar-refractivity contribution in [2.24, 2.45) is 21.7 Å². The largest absolute Gasteiger partial charge is 0.0767 e. The zero-order chi connectivity index (χ0) is 12.8. The lowest BCUT2D eigenvalue weighted by molar-refractivity contribution is 0.167. The molecule has 4 aliphatic carbocycles. The van der Waals surface area contributed by atoms with Crippen LogP contribution in [-0.4, -0.2) is 0 Å². The molecular weight excluding hydrogens is 216 g/mol. The Morgan fingerprint density at radius 2 is 1.00 bits per heavy atom. The van der Waals surface area contributed by atoms with Crippen molar-refractivity contribution in [3.8, 4) is 0 Å². The first-order valence-electron chi connectivity index (χ1n) is 6.89. The van der Waals surface area contributed by atoms with Crippen LogP contribution in [0.3, 0.4) is 0 Å². The van der Waals surface area contributed by atoms with Crippen molar-refractivity contribution in [1.82, 2.24) is 0 Å². The molecule has 1 saturated carbocycles. The molecule has 4 unspecified atom stereocenters. The van der Waals surface area contributed by atoms with Gasteiger partial charge < -0.3 is 0 Å². The van der Waals surface area contributed by atoms with E-state index in [2.05, 4.69) is 76.3 Å². The molecule has 0 N–H and O–H groups in total. The Morgan fingerprint density at radius 3 is 1.33 bits per heavy atom. The zero-order valence-corrected chi connectivity index (χ0v) is 11.6. The summed E-state index contributed by atoms with van der Waals surface area (Å²) in [5.41, 5.74) is 3.95. The highest BCUT2D eigenvalue weighted by molar-refractivity contribution is 5.66. The van der Waals surface area contributed by atoms with E-state index in [-0.39, 0.29) is 21.7 Å². The van der Waals surface area contributed by atoms with Gasteiger partial charge in [0.25, 0.3) is 0 Å². The number of hydrogen-bond donors (Lipinski definition) is 0. The summed E-state index contributed by atoms with van der Waals surface area (Å²) in [7, 11) is 0. The van der Waals surface area contributed by atoms with Gasteiger partial charge in [0.1, 0.15) is 0 Å². The second-order valence-electron chi connectivity index (χ2n) is 7.14. The molecule has 0 saturated heterocycles. The van der Waals surface area contributed by atoms with Gasteiger partial charge in [0.15, 0.2) is 0 Å². The summed E-state index contributed by atoms with van der Waals surface area (Å²) >= 11 is 0. The van der Waals surface area contributed by atoms with E-state index in [4.69, 9.17) is 0 Å². The lowest BCUT2D eigenvalue weighted by Crippen LogP contribution is -2.55. The molecule has 0 radical (unpaired) electrons. The minimum atomic E-state index is 0.196. The van der Waals surface area contributed by atoms with E-state index < -0.39 is 0 Å². The fraction of sp³-hybridized carbons (Fsp3) is 0.444. The van der Waals surface area contributed by atoms with Gasteiger partial charge >= 0.3 is 0 Å². The molecule has 4 aliphatic rings. The molecule has 0 aromatic carbocycles. The topological polar surface area (TPSA) is 0 Å². The lowest BCUT2D eigenvalue weighted by Gasteiger charge is -2.64. The number of rotatable bonds is 0. The van der Waals surface area contributed by atoms with Gasteiger partial charge in [-0.05, 0) is 11.1 Å². The molecular formula is C18H20. The molecule has 0 aromatic rings. The summed E-state index contributed by atoms with van der Waals surface area (Å²) in [5, 5.41) is 0. The molecule has 0 heterocycles. The summed E-state index contributed by atoms with van der Waals surface area (Å²) in [6.45, 7) is 9.47. The number of fused-ring (bicyclic) bond motifs is 5. The second kappa shape index (κ2) is 2.52. The van der Waals surface area contributed by atoms with E-state index in [1.165, 1.54) is 0 Å². The third-order valence-corrected chi connectivity index (χ3v) is 6.28. The van der Waals surface area contributed by atoms with Crippen molar-refractivity contribution in [1.29, 1.82) is 0 Å². The Kier molecular flexibility index (Phi) is 1.48. The van der Waals surface area contributed by atoms with E-state index in [0.29, 0.717) is 0 Å². The third-order valence-electron chi connectivity index (χ3n) is 6.28. The zero-order valence-electron chi connectivity index (χ0n) is 11.6. The molecule has 0 nitrogen and oxygen atoms in total. The van der Waals surface area contributed by atoms with Gasteiger partial charge in [-0.15, -0.1) is 0 Å². The molecule has 0 heteroatoms. The van der Waals surface area contributed by atoms with Gasteiger partial charge in [-0.3, -0.25) is 0 Å². The van der Waals surface area contributed by atoms with Crippen LogP contribution in [0.5, 0.6) is 0 Å². The molecule has 4 rings (SSSR count). The number of hydrogen-bond acceptors (Lipinski definition) is 0. The highest BCUT2D eigenvalue weighted by Gasteiger charge is 2.62. The van der Waals surface area contributed by atoms with Gasteiger partial charge in [-0.1, -0.05) is 76.3 Å². The molecule has 18 heavy (non-hydrogen) atoms. The van der Waals surface area contributed by atoms with E-state index in [1.807, 2.05) is 0 Å². The Hall–Kier alpha value is -1.30. The van der Waals surface area contributed by atoms with Crippen LogP contribution in [0.4, 0.5) is 0 Å². The molecule has 0 aromatic heterocycles. The monoisotopic (exact) mass is 236 g/mol. The minimum absolute atomic E-state index is 0.196. The van der Waals surface area contributed by atoms with Gasteiger partial charge in [-0.2, -0.15) is 0 Å². The standard InChI is InChI=1S/C18H20/c1-15-9-10-16(15,2)12-14-13(11-15)17(3)7-5-6-8-18(14,17)4/h5-12H,1-4H3. The fourth-order valence-electron chi connectivity index (χ4n) is 4.15. The van der Waals surface area contributed by atoms with Crippen LogP contribution in [0.1, 0.15) is 27.7 Å². The van der Waals surface area contributed by atoms with Gasteiger partial charge in [-0.25, -0.2) is 0 Å². The Labute approximate surface area is 109 Å². The SMILES string of the molecule is CC12C=CC1(C)C=C1C(=C2)C2(C)C=CC=CC12C. The van der Waals surface area contributed by atoms with Crippen LogP contribution < -0.4 is 0 Å². The second-order valence-corrected chi connectivity index (χ2v) is 7.14. The summed E-state index contributed by atoms with van der Waals surface area (Å²) in [6.07, 6.45) is 18.9. The summed E-state index contributed by atoms with van der Waals surface area (Å²) in [6, 6.07) is 0. The third kappa shape index (κ3) is 0.801. The van der Waals surface area contributed by atoms with E-state index in [0.717, 1.165) is 0 Å². The maximum Gasteiger partial charge on any atom is 0.0236 e. The highest BCUT2D eigenvalue weighted by atomic mass is 14.6. The van der Waals surface area contributed by atoms with E-state index >= 15 is 0 Å². The van der Waals surface area contributed by atoms with Crippen LogP contribution in [0.2, 0.25) is 0 Å². The smallest absolute Gasteiger partial charge is 0.0236 e. The van der Waals surface area contributed by atoms with Crippen LogP contribution in [0, 0.1) is 21.7 Å². The Bertz CT molecular complexity index is 558. The lowest BCUT2D eigenvalue weighted by atomic mass is 9.39. The first-order valence-corrected chi connectivity index (χ1v) is 6.89. The van der Waals surface area contributed by atoms with Crippen LogP contribution >= 0.6 is 0 Å². The molecule has 92 valence electrons. The first-order chi connectivity index (χ1) is 8.35. The van der Waals surface area contributed by atoms with E-state index in [1.54, 1.807) is 11.1 Å². The number of allylic oxidation sites excluding steroid dienone is 10. The predicted molar refractivity (Wildman–Crippen MR) is 76.0 cm³/mol. The van der Waals surface area contributed by atoms with Gasteiger partial charge in [0.2, 0.25) is 0 Å².